The number of nitrogens with zero attached hydrogens (tertiary/aromatic N) is 1. The minimum absolute atomic E-state index is 0.0942. The van der Waals surface area contributed by atoms with Crippen molar-refractivity contribution in [3.05, 3.63) is 83.6 Å². The zero-order valence-corrected chi connectivity index (χ0v) is 23.4. The lowest BCUT2D eigenvalue weighted by Gasteiger charge is -2.24. The average molecular weight is 517 g/mol. The van der Waals surface area contributed by atoms with Gasteiger partial charge >= 0.3 is 5.97 Å². The molecule has 1 heterocycles. The van der Waals surface area contributed by atoms with E-state index >= 15 is 0 Å². The molecule has 0 spiro atoms. The highest BCUT2D eigenvalue weighted by Gasteiger charge is 2.20. The van der Waals surface area contributed by atoms with Crippen LogP contribution in [0.1, 0.15) is 88.4 Å². The Labute approximate surface area is 226 Å². The molecule has 0 radical (unpaired) electrons. The Hall–Kier alpha value is -3.67. The van der Waals surface area contributed by atoms with Gasteiger partial charge in [-0.15, -0.1) is 0 Å². The van der Waals surface area contributed by atoms with E-state index in [0.29, 0.717) is 11.3 Å². The topological polar surface area (TPSA) is 88.5 Å². The number of pyridine rings is 1. The Morgan fingerprint density at radius 3 is 2.11 bits per heavy atom. The Morgan fingerprint density at radius 2 is 1.58 bits per heavy atom. The molecule has 3 aromatic rings. The van der Waals surface area contributed by atoms with Crippen LogP contribution in [-0.4, -0.2) is 28.5 Å². The maximum Gasteiger partial charge on any atom is 0.305 e. The van der Waals surface area contributed by atoms with Crippen molar-refractivity contribution in [2.24, 2.45) is 5.41 Å². The molecule has 6 heteroatoms. The van der Waals surface area contributed by atoms with Gasteiger partial charge in [0.15, 0.2) is 0 Å². The van der Waals surface area contributed by atoms with Crippen molar-refractivity contribution in [2.75, 3.05) is 6.54 Å². The van der Waals surface area contributed by atoms with Crippen LogP contribution in [0.2, 0.25) is 0 Å². The summed E-state index contributed by atoms with van der Waals surface area (Å²) in [4.78, 5) is 27.7. The van der Waals surface area contributed by atoms with Crippen molar-refractivity contribution < 1.29 is 19.4 Å². The zero-order valence-electron chi connectivity index (χ0n) is 23.4. The van der Waals surface area contributed by atoms with E-state index in [1.54, 1.807) is 18.3 Å². The molecular formula is C32H40N2O4. The third kappa shape index (κ3) is 8.72. The molecule has 1 unspecified atom stereocenters. The standard InChI is InChI=1S/C32H40N2O4/c1-31(2,3)19-17-28(23-7-9-24(10-8-23)30(37)33-20-18-29(35)36)38-26-15-16-27(34-21-26)22-11-13-25(14-12-22)32(4,5)6/h7-16,21,28H,17-20H2,1-6H3,(H,33,37)(H,35,36). The van der Waals surface area contributed by atoms with E-state index in [1.807, 2.05) is 24.3 Å². The second-order valence-electron chi connectivity index (χ2n) is 11.9. The minimum Gasteiger partial charge on any atom is -0.484 e. The molecule has 0 saturated heterocycles. The number of aliphatic carboxylic acids is 1. The zero-order chi connectivity index (χ0) is 27.9. The number of aromatic nitrogens is 1. The quantitative estimate of drug-likeness (QED) is 0.297. The highest BCUT2D eigenvalue weighted by molar-refractivity contribution is 5.94. The van der Waals surface area contributed by atoms with Gasteiger partial charge in [-0.1, -0.05) is 77.9 Å². The number of carbonyl (C=O) groups excluding carboxylic acids is 1. The van der Waals surface area contributed by atoms with Crippen molar-refractivity contribution in [2.45, 2.75) is 72.3 Å². The number of carboxylic acids is 1. The molecule has 6 nitrogen and oxygen atoms in total. The normalized spacial score (nSPS) is 12.6. The first-order valence-corrected chi connectivity index (χ1v) is 13.2. The molecule has 1 aromatic heterocycles. The number of carboxylic acid groups (broad SMARTS) is 1. The van der Waals surface area contributed by atoms with Gasteiger partial charge in [0.1, 0.15) is 11.9 Å². The van der Waals surface area contributed by atoms with E-state index in [9.17, 15) is 9.59 Å². The van der Waals surface area contributed by atoms with Gasteiger partial charge in [-0.3, -0.25) is 14.6 Å². The Balaban J connectivity index is 1.73. The van der Waals surface area contributed by atoms with E-state index in [4.69, 9.17) is 9.84 Å². The Bertz CT molecular complexity index is 1200. The molecule has 38 heavy (non-hydrogen) atoms. The predicted octanol–water partition coefficient (Wildman–Crippen LogP) is 7.20. The highest BCUT2D eigenvalue weighted by Crippen LogP contribution is 2.32. The van der Waals surface area contributed by atoms with Crippen LogP contribution < -0.4 is 10.1 Å². The fraction of sp³-hybridized carbons (Fsp3) is 0.406. The summed E-state index contributed by atoms with van der Waals surface area (Å²) in [6, 6.07) is 19.8. The van der Waals surface area contributed by atoms with Gasteiger partial charge in [-0.25, -0.2) is 0 Å². The first-order valence-electron chi connectivity index (χ1n) is 13.2. The van der Waals surface area contributed by atoms with E-state index in [2.05, 4.69) is 76.1 Å². The molecule has 0 saturated carbocycles. The number of ether oxygens (including phenoxy) is 1. The van der Waals surface area contributed by atoms with Crippen LogP contribution in [0.5, 0.6) is 5.75 Å². The number of carbonyl (C=O) groups is 2. The van der Waals surface area contributed by atoms with Gasteiger partial charge in [0, 0.05) is 17.7 Å². The predicted molar refractivity (Wildman–Crippen MR) is 151 cm³/mol. The Kier molecular flexibility index (Phi) is 9.31. The molecule has 3 rings (SSSR count). The largest absolute Gasteiger partial charge is 0.484 e. The number of benzene rings is 2. The second-order valence-corrected chi connectivity index (χ2v) is 11.9. The van der Waals surface area contributed by atoms with Crippen molar-refractivity contribution >= 4 is 11.9 Å². The lowest BCUT2D eigenvalue weighted by Crippen LogP contribution is -2.26. The van der Waals surface area contributed by atoms with E-state index in [0.717, 1.165) is 29.7 Å². The van der Waals surface area contributed by atoms with Gasteiger partial charge in [0.05, 0.1) is 18.3 Å². The lowest BCUT2D eigenvalue weighted by atomic mass is 9.86. The van der Waals surface area contributed by atoms with Gasteiger partial charge in [-0.2, -0.15) is 0 Å². The molecule has 2 aromatic carbocycles. The van der Waals surface area contributed by atoms with Crippen molar-refractivity contribution in [1.29, 1.82) is 0 Å². The molecular weight excluding hydrogens is 476 g/mol. The van der Waals surface area contributed by atoms with Crippen molar-refractivity contribution in [1.82, 2.24) is 10.3 Å². The average Bonchev–Trinajstić information content (AvgIpc) is 2.86. The van der Waals surface area contributed by atoms with Crippen LogP contribution in [0, 0.1) is 5.41 Å². The molecule has 2 N–H and O–H groups in total. The fourth-order valence-electron chi connectivity index (χ4n) is 4.02. The van der Waals surface area contributed by atoms with Gasteiger partial charge in [-0.05, 0) is 59.1 Å². The van der Waals surface area contributed by atoms with Crippen LogP contribution in [0.3, 0.4) is 0 Å². The number of hydrogen-bond acceptors (Lipinski definition) is 4. The van der Waals surface area contributed by atoms with Crippen molar-refractivity contribution in [3.63, 3.8) is 0 Å². The summed E-state index contributed by atoms with van der Waals surface area (Å²) in [5, 5.41) is 11.4. The van der Waals surface area contributed by atoms with E-state index in [1.165, 1.54) is 5.56 Å². The molecule has 202 valence electrons. The van der Waals surface area contributed by atoms with Crippen molar-refractivity contribution in [3.8, 4) is 17.0 Å². The molecule has 1 atom stereocenters. The second kappa shape index (κ2) is 12.2. The third-order valence-corrected chi connectivity index (χ3v) is 6.39. The van der Waals surface area contributed by atoms with Gasteiger partial charge < -0.3 is 15.2 Å². The summed E-state index contributed by atoms with van der Waals surface area (Å²) in [6.07, 6.45) is 3.23. The number of rotatable bonds is 10. The molecule has 0 aliphatic heterocycles. The summed E-state index contributed by atoms with van der Waals surface area (Å²) in [5.74, 6) is -0.546. The number of amides is 1. The maximum absolute atomic E-state index is 12.3. The highest BCUT2D eigenvalue weighted by atomic mass is 16.5. The number of hydrogen-bond donors (Lipinski definition) is 2. The van der Waals surface area contributed by atoms with E-state index < -0.39 is 5.97 Å². The monoisotopic (exact) mass is 516 g/mol. The summed E-state index contributed by atoms with van der Waals surface area (Å²) in [6.45, 7) is 13.3. The summed E-state index contributed by atoms with van der Waals surface area (Å²) in [7, 11) is 0. The SMILES string of the molecule is CC(C)(C)CCC(Oc1ccc(-c2ccc(C(C)(C)C)cc2)nc1)c1ccc(C(=O)NCCC(=O)O)cc1. The maximum atomic E-state index is 12.3. The smallest absolute Gasteiger partial charge is 0.305 e. The fourth-order valence-corrected chi connectivity index (χ4v) is 4.02. The summed E-state index contributed by atoms with van der Waals surface area (Å²) in [5.41, 5.74) is 4.94. The molecule has 0 bridgehead atoms. The van der Waals surface area contributed by atoms with E-state index in [-0.39, 0.29) is 35.8 Å². The first-order chi connectivity index (χ1) is 17.8. The third-order valence-electron chi connectivity index (χ3n) is 6.39. The molecule has 1 amide bonds. The van der Waals surface area contributed by atoms with Crippen LogP contribution in [-0.2, 0) is 10.2 Å². The lowest BCUT2D eigenvalue weighted by molar-refractivity contribution is -0.136. The minimum atomic E-state index is -0.944. The van der Waals surface area contributed by atoms with Gasteiger partial charge in [0.2, 0.25) is 0 Å². The molecule has 0 aliphatic rings. The van der Waals surface area contributed by atoms with Crippen LogP contribution in [0.25, 0.3) is 11.3 Å². The summed E-state index contributed by atoms with van der Waals surface area (Å²) >= 11 is 0. The molecule has 0 fully saturated rings. The number of nitrogens with one attached hydrogen (secondary N) is 1. The first kappa shape index (κ1) is 28.9. The summed E-state index contributed by atoms with van der Waals surface area (Å²) < 4.78 is 6.41. The Morgan fingerprint density at radius 1 is 0.921 bits per heavy atom. The van der Waals surface area contributed by atoms with Crippen LogP contribution in [0.15, 0.2) is 66.9 Å². The van der Waals surface area contributed by atoms with Crippen LogP contribution in [0.4, 0.5) is 0 Å². The van der Waals surface area contributed by atoms with Crippen LogP contribution >= 0.6 is 0 Å². The van der Waals surface area contributed by atoms with Gasteiger partial charge in [0.25, 0.3) is 5.91 Å². The molecule has 0 aliphatic carbocycles.